The van der Waals surface area contributed by atoms with Gasteiger partial charge in [-0.3, -0.25) is 9.59 Å². The Balaban J connectivity index is 2.88. The molecule has 0 aliphatic carbocycles. The van der Waals surface area contributed by atoms with Gasteiger partial charge in [-0.25, -0.2) is 4.98 Å². The number of aromatic hydroxyl groups is 1. The van der Waals surface area contributed by atoms with E-state index in [2.05, 4.69) is 15.2 Å². The third-order valence-corrected chi connectivity index (χ3v) is 2.43. The van der Waals surface area contributed by atoms with Crippen LogP contribution in [-0.4, -0.2) is 35.0 Å². The van der Waals surface area contributed by atoms with Crippen LogP contribution in [0.3, 0.4) is 0 Å². The summed E-state index contributed by atoms with van der Waals surface area (Å²) in [6.07, 6.45) is -1.00. The second kappa shape index (κ2) is 6.44. The van der Waals surface area contributed by atoms with Crippen molar-refractivity contribution < 1.29 is 33.6 Å². The van der Waals surface area contributed by atoms with Crippen molar-refractivity contribution in [3.05, 3.63) is 46.6 Å². The lowest BCUT2D eigenvalue weighted by Crippen LogP contribution is -2.29. The van der Waals surface area contributed by atoms with Gasteiger partial charge in [-0.2, -0.15) is 0 Å². The van der Waals surface area contributed by atoms with Gasteiger partial charge in [-0.1, -0.05) is 17.6 Å². The van der Waals surface area contributed by atoms with E-state index >= 15 is 0 Å². The minimum Gasteiger partial charge on any atom is -0.505 e. The Morgan fingerprint density at radius 3 is 3.18 bits per heavy atom. The molecule has 1 aromatic heterocycles. The smallest absolute Gasteiger partial charge is 0.322 e. The van der Waals surface area contributed by atoms with Gasteiger partial charge in [0.2, 0.25) is 0 Å². The molecule has 0 aliphatic heterocycles. The number of nitrogens with zero attached hydrogens (tertiary/aromatic N) is 1. The van der Waals surface area contributed by atoms with Gasteiger partial charge in [0.1, 0.15) is 12.2 Å². The van der Waals surface area contributed by atoms with Crippen LogP contribution in [0.5, 0.6) is 5.75 Å². The Labute approximate surface area is 148 Å². The van der Waals surface area contributed by atoms with Crippen molar-refractivity contribution in [2.24, 2.45) is 0 Å². The monoisotopic (exact) mass is 332 g/mol. The van der Waals surface area contributed by atoms with Gasteiger partial charge in [0.05, 0.1) is 9.60 Å². The number of carboxylic acid groups (broad SMARTS) is 1. The van der Waals surface area contributed by atoms with E-state index in [-0.39, 0.29) is 0 Å². The van der Waals surface area contributed by atoms with Crippen molar-refractivity contribution in [2.75, 3.05) is 6.50 Å². The lowest BCUT2D eigenvalue weighted by Gasteiger charge is -2.09. The van der Waals surface area contributed by atoms with Crippen LogP contribution < -0.4 is 5.31 Å². The van der Waals surface area contributed by atoms with E-state index in [4.69, 9.17) is 28.2 Å². The van der Waals surface area contributed by atoms with Crippen LogP contribution in [0.25, 0.3) is 12.6 Å². The summed E-state index contributed by atoms with van der Waals surface area (Å²) in [7, 11) is 0. The summed E-state index contributed by atoms with van der Waals surface area (Å²) in [4.78, 5) is 27.5. The predicted octanol–water partition coefficient (Wildman–Crippen LogP) is 2.23. The van der Waals surface area contributed by atoms with Crippen LogP contribution in [0.4, 0.5) is 0 Å². The van der Waals surface area contributed by atoms with Crippen LogP contribution in [0.1, 0.15) is 28.4 Å². The number of halogens is 1. The number of aliphatic carboxylic acids is 1. The highest BCUT2D eigenvalue weighted by Gasteiger charge is 2.15. The zero-order valence-corrected chi connectivity index (χ0v) is 11.2. The van der Waals surface area contributed by atoms with Gasteiger partial charge in [0.15, 0.2) is 7.11 Å². The van der Waals surface area contributed by atoms with Crippen molar-refractivity contribution in [2.45, 2.75) is 6.88 Å². The number of aromatic nitrogens is 1. The third kappa shape index (κ3) is 3.53. The van der Waals surface area contributed by atoms with E-state index in [1.807, 2.05) is 0 Å². The Kier molecular flexibility index (Phi) is 1.83. The number of carboxylic acids is 1. The van der Waals surface area contributed by atoms with E-state index in [0.29, 0.717) is 0 Å². The standard InChI is InChI=1S/C15H13ClN2O4/c1-8-2-3-10(16)5-11(8)9-4-12(19)14(17-6-9)15(22)18-7-13(20)21/h2-6,19H,7H2,1H3,(H,18,22)(H,20,21)/i1D2,2D,3D,4D,5D,6D,7D2/hD3. The first-order chi connectivity index (χ1) is 15.6. The fourth-order valence-electron chi connectivity index (χ4n) is 1.37. The highest BCUT2D eigenvalue weighted by Crippen LogP contribution is 2.29. The molecule has 2 aromatic rings. The van der Waals surface area contributed by atoms with Crippen LogP contribution in [0.15, 0.2) is 30.3 Å². The molecule has 1 aromatic carbocycles. The first-order valence-electron chi connectivity index (χ1n) is 11.4. The number of rotatable bonds is 5. The maximum absolute atomic E-state index is 12.6. The average Bonchev–Trinajstić information content (AvgIpc) is 2.78. The summed E-state index contributed by atoms with van der Waals surface area (Å²) in [6, 6.07) is -3.16. The van der Waals surface area contributed by atoms with E-state index < -0.39 is 94.1 Å². The van der Waals surface area contributed by atoms with Gasteiger partial charge >= 0.3 is 5.97 Å². The van der Waals surface area contributed by atoms with E-state index in [9.17, 15) is 9.59 Å². The molecule has 114 valence electrons. The van der Waals surface area contributed by atoms with Gasteiger partial charge < -0.3 is 15.5 Å². The number of benzene rings is 1. The Bertz CT molecular complexity index is 1180. The zero-order chi connectivity index (χ0) is 26.3. The van der Waals surface area contributed by atoms with Gasteiger partial charge in [0.25, 0.3) is 8.77 Å². The fraction of sp³-hybridized carbons (Fsp3) is 0.133. The lowest BCUT2D eigenvalue weighted by molar-refractivity contribution is -0.135. The van der Waals surface area contributed by atoms with Crippen LogP contribution in [0, 0.1) is 6.88 Å². The highest BCUT2D eigenvalue weighted by atomic mass is 35.5. The SMILES string of the molecule is [2H]OC(=O)C([2H])([2H])N([2H])C(=O)c1nc([2H])c(-c2c([2H])c(Cl)c([2H])c([2H])c2C([2H])[2H])c([2H])c1O[2H]. The number of hydrogen-bond donors (Lipinski definition) is 3. The molecule has 0 spiro atoms. The number of pyridine rings is 1. The fourth-order valence-corrected chi connectivity index (χ4v) is 1.51. The molecule has 6 nitrogen and oxygen atoms in total. The van der Waals surface area contributed by atoms with Gasteiger partial charge in [0, 0.05) is 19.5 Å². The second-order valence-corrected chi connectivity index (χ2v) is 4.07. The Morgan fingerprint density at radius 2 is 2.45 bits per heavy atom. The average molecular weight is 333 g/mol. The van der Waals surface area contributed by atoms with Gasteiger partial charge in [-0.05, 0) is 36.1 Å². The molecule has 0 saturated heterocycles. The largest absolute Gasteiger partial charge is 0.505 e. The maximum atomic E-state index is 12.6. The summed E-state index contributed by atoms with van der Waals surface area (Å²) in [5.41, 5.74) is -3.00. The molecule has 1 heterocycles. The maximum Gasteiger partial charge on any atom is 0.322 e. The predicted molar refractivity (Wildman–Crippen MR) is 81.1 cm³/mol. The van der Waals surface area contributed by atoms with Crippen molar-refractivity contribution >= 4 is 23.5 Å². The normalized spacial score (nSPS) is 18.5. The molecule has 7 heteroatoms. The number of hydrogen-bond acceptors (Lipinski definition) is 5. The summed E-state index contributed by atoms with van der Waals surface area (Å²) in [6.45, 7) is -5.49. The summed E-state index contributed by atoms with van der Waals surface area (Å²) in [5.74, 6) is -4.78. The van der Waals surface area contributed by atoms with E-state index in [1.165, 1.54) is 0 Å². The number of nitrogens with one attached hydrogen (secondary N) is 1. The molecule has 0 fully saturated rings. The Hall–Kier alpha value is -2.60. The minimum absolute atomic E-state index is 0.586. The van der Waals surface area contributed by atoms with Crippen LogP contribution in [0.2, 0.25) is 6.43 Å². The molecular formula is C15H13ClN2O4. The van der Waals surface area contributed by atoms with Crippen molar-refractivity contribution in [1.29, 1.82) is 2.86 Å². The zero-order valence-electron chi connectivity index (χ0n) is 22.5. The number of carbonyl (C=O) groups excluding carboxylic acids is 1. The second-order valence-electron chi connectivity index (χ2n) is 3.70. The molecule has 2 rings (SSSR count). The molecule has 0 aliphatic rings. The van der Waals surface area contributed by atoms with E-state index in [1.54, 1.807) is 0 Å². The molecule has 0 bridgehead atoms. The lowest BCUT2D eigenvalue weighted by atomic mass is 10.0. The number of amides is 1. The van der Waals surface area contributed by atoms with Gasteiger partial charge in [-0.15, -0.1) is 0 Å². The van der Waals surface area contributed by atoms with Crippen LogP contribution in [-0.2, 0) is 4.79 Å². The summed E-state index contributed by atoms with van der Waals surface area (Å²) < 4.78 is 91.9. The minimum atomic E-state index is -3.51. The topological polar surface area (TPSA) is 99.5 Å². The Morgan fingerprint density at radius 1 is 1.59 bits per heavy atom. The number of carbonyl (C=O) groups is 2. The molecule has 0 radical (unpaired) electrons. The van der Waals surface area contributed by atoms with E-state index in [0.717, 1.165) is 0 Å². The molecule has 0 atom stereocenters. The molecule has 0 unspecified atom stereocenters. The van der Waals surface area contributed by atoms with Crippen molar-refractivity contribution in [3.8, 4) is 16.9 Å². The van der Waals surface area contributed by atoms with Crippen molar-refractivity contribution in [3.63, 3.8) is 0 Å². The quantitative estimate of drug-likeness (QED) is 0.779. The first-order valence-corrected chi connectivity index (χ1v) is 5.82. The highest BCUT2D eigenvalue weighted by molar-refractivity contribution is 6.30. The summed E-state index contributed by atoms with van der Waals surface area (Å²) >= 11 is 5.89. The molecule has 1 amide bonds. The first kappa shape index (κ1) is 6.26. The molecular weight excluding hydrogens is 308 g/mol. The van der Waals surface area contributed by atoms with Crippen LogP contribution >= 0.6 is 11.6 Å². The third-order valence-electron chi connectivity index (χ3n) is 2.25. The molecule has 22 heavy (non-hydrogen) atoms. The van der Waals surface area contributed by atoms with Crippen molar-refractivity contribution in [1.82, 2.24) is 10.3 Å². The summed E-state index contributed by atoms with van der Waals surface area (Å²) in [5, 5.41) is 6.46. The molecule has 0 saturated carbocycles. The molecule has 3 N–H and O–H groups in total.